The SMILES string of the molecule is C=C/C(=C\C=C/C)c1ccc(C)c(-c2ccc(NC(=O)c3c(F)cccc3F)cn2)c1. The Bertz CT molecular complexity index is 1160. The highest BCUT2D eigenvalue weighted by molar-refractivity contribution is 6.04. The minimum absolute atomic E-state index is 0.338. The second-order valence-electron chi connectivity index (χ2n) is 6.86. The fraction of sp³-hybridized carbons (Fsp3) is 0.0769. The molecule has 0 aliphatic heterocycles. The lowest BCUT2D eigenvalue weighted by molar-refractivity contribution is 0.101. The summed E-state index contributed by atoms with van der Waals surface area (Å²) in [6, 6.07) is 12.7. The first-order valence-corrected chi connectivity index (χ1v) is 9.72. The van der Waals surface area contributed by atoms with Crippen molar-refractivity contribution in [2.24, 2.45) is 0 Å². The maximum atomic E-state index is 13.8. The van der Waals surface area contributed by atoms with Crippen molar-refractivity contribution in [1.29, 1.82) is 0 Å². The number of pyridine rings is 1. The fourth-order valence-electron chi connectivity index (χ4n) is 3.09. The number of aryl methyl sites for hydroxylation is 1. The number of hydrogen-bond donors (Lipinski definition) is 1. The van der Waals surface area contributed by atoms with Crippen LogP contribution in [-0.4, -0.2) is 10.9 Å². The Morgan fingerprint density at radius 2 is 1.84 bits per heavy atom. The molecule has 0 aliphatic rings. The van der Waals surface area contributed by atoms with Crippen molar-refractivity contribution in [3.05, 3.63) is 114 Å². The Morgan fingerprint density at radius 1 is 1.10 bits per heavy atom. The molecule has 3 rings (SSSR count). The molecule has 5 heteroatoms. The van der Waals surface area contributed by atoms with Gasteiger partial charge in [0.25, 0.3) is 5.91 Å². The molecule has 0 saturated heterocycles. The van der Waals surface area contributed by atoms with Gasteiger partial charge in [0.05, 0.1) is 17.6 Å². The molecule has 0 saturated carbocycles. The number of benzene rings is 2. The Labute approximate surface area is 180 Å². The lowest BCUT2D eigenvalue weighted by Crippen LogP contribution is -2.15. The summed E-state index contributed by atoms with van der Waals surface area (Å²) in [7, 11) is 0. The minimum Gasteiger partial charge on any atom is -0.320 e. The van der Waals surface area contributed by atoms with E-state index in [-0.39, 0.29) is 0 Å². The summed E-state index contributed by atoms with van der Waals surface area (Å²) >= 11 is 0. The summed E-state index contributed by atoms with van der Waals surface area (Å²) in [6.07, 6.45) is 9.13. The third-order valence-electron chi connectivity index (χ3n) is 4.75. The lowest BCUT2D eigenvalue weighted by atomic mass is 9.97. The van der Waals surface area contributed by atoms with E-state index < -0.39 is 23.1 Å². The summed E-state index contributed by atoms with van der Waals surface area (Å²) in [4.78, 5) is 16.7. The van der Waals surface area contributed by atoms with Gasteiger partial charge in [0, 0.05) is 5.56 Å². The summed E-state index contributed by atoms with van der Waals surface area (Å²) in [5, 5.41) is 2.48. The van der Waals surface area contributed by atoms with Gasteiger partial charge in [0.2, 0.25) is 0 Å². The van der Waals surface area contributed by atoms with Crippen molar-refractivity contribution in [2.75, 3.05) is 5.32 Å². The predicted octanol–water partition coefficient (Wildman–Crippen LogP) is 6.73. The molecular formula is C26H22F2N2O. The van der Waals surface area contributed by atoms with Crippen molar-refractivity contribution >= 4 is 17.2 Å². The number of carbonyl (C=O) groups excluding carboxylic acids is 1. The maximum absolute atomic E-state index is 13.8. The topological polar surface area (TPSA) is 42.0 Å². The van der Waals surface area contributed by atoms with E-state index in [1.807, 2.05) is 50.3 Å². The molecule has 0 atom stereocenters. The van der Waals surface area contributed by atoms with Crippen LogP contribution >= 0.6 is 0 Å². The molecule has 156 valence electrons. The van der Waals surface area contributed by atoms with Gasteiger partial charge in [-0.05, 0) is 60.9 Å². The molecule has 0 fully saturated rings. The quantitative estimate of drug-likeness (QED) is 0.453. The number of allylic oxidation sites excluding steroid dienone is 5. The summed E-state index contributed by atoms with van der Waals surface area (Å²) in [6.45, 7) is 7.81. The molecule has 1 aromatic heterocycles. The van der Waals surface area contributed by atoms with E-state index in [1.165, 1.54) is 12.3 Å². The smallest absolute Gasteiger partial charge is 0.261 e. The highest BCUT2D eigenvalue weighted by Gasteiger charge is 2.17. The van der Waals surface area contributed by atoms with E-state index in [9.17, 15) is 13.6 Å². The minimum atomic E-state index is -0.918. The highest BCUT2D eigenvalue weighted by Crippen LogP contribution is 2.27. The van der Waals surface area contributed by atoms with Crippen LogP contribution in [0.4, 0.5) is 14.5 Å². The average Bonchev–Trinajstić information content (AvgIpc) is 2.76. The van der Waals surface area contributed by atoms with Crippen molar-refractivity contribution in [1.82, 2.24) is 4.98 Å². The van der Waals surface area contributed by atoms with E-state index in [4.69, 9.17) is 0 Å². The standard InChI is InChI=1S/C26H22F2N2O/c1-4-6-8-18(5-2)19-12-11-17(3)21(15-19)24-14-13-20(16-29-24)30-26(31)25-22(27)9-7-10-23(25)28/h4-16H,2H2,1,3H3,(H,30,31)/b6-4-,18-8+. The molecule has 3 nitrogen and oxygen atoms in total. The van der Waals surface area contributed by atoms with E-state index >= 15 is 0 Å². The molecule has 1 heterocycles. The van der Waals surface area contributed by atoms with Crippen LogP contribution in [0, 0.1) is 18.6 Å². The zero-order valence-electron chi connectivity index (χ0n) is 17.3. The van der Waals surface area contributed by atoms with Crippen LogP contribution in [0.5, 0.6) is 0 Å². The van der Waals surface area contributed by atoms with E-state index in [0.717, 1.165) is 34.4 Å². The number of nitrogens with zero attached hydrogens (tertiary/aromatic N) is 1. The molecule has 1 amide bonds. The molecule has 0 spiro atoms. The number of nitrogens with one attached hydrogen (secondary N) is 1. The number of carbonyl (C=O) groups is 1. The third-order valence-corrected chi connectivity index (χ3v) is 4.75. The van der Waals surface area contributed by atoms with Gasteiger partial charge in [-0.3, -0.25) is 9.78 Å². The number of aromatic nitrogens is 1. The van der Waals surface area contributed by atoms with E-state index in [2.05, 4.69) is 16.9 Å². The first-order chi connectivity index (χ1) is 14.9. The number of amides is 1. The third kappa shape index (κ3) is 5.01. The van der Waals surface area contributed by atoms with Gasteiger partial charge < -0.3 is 5.32 Å². The van der Waals surface area contributed by atoms with Gasteiger partial charge >= 0.3 is 0 Å². The summed E-state index contributed by atoms with van der Waals surface area (Å²) < 4.78 is 27.6. The van der Waals surface area contributed by atoms with E-state index in [0.29, 0.717) is 11.4 Å². The number of anilines is 1. The Hall–Kier alpha value is -3.86. The van der Waals surface area contributed by atoms with Gasteiger partial charge in [-0.25, -0.2) is 8.78 Å². The number of halogens is 2. The van der Waals surface area contributed by atoms with E-state index in [1.54, 1.807) is 18.2 Å². The van der Waals surface area contributed by atoms with Crippen LogP contribution in [0.15, 0.2) is 85.6 Å². The van der Waals surface area contributed by atoms with Gasteiger partial charge in [-0.2, -0.15) is 0 Å². The summed E-state index contributed by atoms with van der Waals surface area (Å²) in [5.74, 6) is -2.70. The zero-order chi connectivity index (χ0) is 22.4. The molecule has 0 aliphatic carbocycles. The van der Waals surface area contributed by atoms with Crippen LogP contribution in [0.3, 0.4) is 0 Å². The van der Waals surface area contributed by atoms with Crippen LogP contribution in [0.25, 0.3) is 16.8 Å². The molecule has 0 unspecified atom stereocenters. The molecule has 0 bridgehead atoms. The van der Waals surface area contributed by atoms with Crippen molar-refractivity contribution < 1.29 is 13.6 Å². The van der Waals surface area contributed by atoms with Gasteiger partial charge in [-0.1, -0.05) is 49.1 Å². The zero-order valence-corrected chi connectivity index (χ0v) is 17.3. The van der Waals surface area contributed by atoms with Crippen LogP contribution in [0.2, 0.25) is 0 Å². The first-order valence-electron chi connectivity index (χ1n) is 9.72. The Morgan fingerprint density at radius 3 is 2.45 bits per heavy atom. The number of hydrogen-bond acceptors (Lipinski definition) is 2. The second-order valence-corrected chi connectivity index (χ2v) is 6.86. The molecule has 31 heavy (non-hydrogen) atoms. The van der Waals surface area contributed by atoms with Gasteiger partial charge in [-0.15, -0.1) is 0 Å². The molecule has 0 radical (unpaired) electrons. The summed E-state index contributed by atoms with van der Waals surface area (Å²) in [5.41, 5.74) is 4.38. The first kappa shape index (κ1) is 21.8. The van der Waals surface area contributed by atoms with Crippen molar-refractivity contribution in [3.63, 3.8) is 0 Å². The molecule has 2 aromatic carbocycles. The van der Waals surface area contributed by atoms with Crippen LogP contribution < -0.4 is 5.32 Å². The van der Waals surface area contributed by atoms with Crippen molar-refractivity contribution in [2.45, 2.75) is 13.8 Å². The normalized spacial score (nSPS) is 11.5. The predicted molar refractivity (Wildman–Crippen MR) is 122 cm³/mol. The fourth-order valence-corrected chi connectivity index (χ4v) is 3.09. The second kappa shape index (κ2) is 9.76. The average molecular weight is 416 g/mol. The Kier molecular flexibility index (Phi) is 6.88. The molecule has 1 N–H and O–H groups in total. The maximum Gasteiger partial charge on any atom is 0.261 e. The van der Waals surface area contributed by atoms with Crippen LogP contribution in [0.1, 0.15) is 28.4 Å². The monoisotopic (exact) mass is 416 g/mol. The number of rotatable bonds is 6. The van der Waals surface area contributed by atoms with Crippen molar-refractivity contribution in [3.8, 4) is 11.3 Å². The lowest BCUT2D eigenvalue weighted by Gasteiger charge is -2.11. The molecule has 3 aromatic rings. The van der Waals surface area contributed by atoms with Crippen LogP contribution in [-0.2, 0) is 0 Å². The Balaban J connectivity index is 1.87. The molecular weight excluding hydrogens is 394 g/mol. The highest BCUT2D eigenvalue weighted by atomic mass is 19.1. The van der Waals surface area contributed by atoms with Gasteiger partial charge in [0.15, 0.2) is 0 Å². The largest absolute Gasteiger partial charge is 0.320 e. The van der Waals surface area contributed by atoms with Gasteiger partial charge in [0.1, 0.15) is 17.2 Å².